The van der Waals surface area contributed by atoms with Gasteiger partial charge >= 0.3 is 0 Å². The van der Waals surface area contributed by atoms with Gasteiger partial charge in [0.05, 0.1) is 22.4 Å². The Hall–Kier alpha value is -10.9. The van der Waals surface area contributed by atoms with Gasteiger partial charge in [-0.2, -0.15) is 0 Å². The Morgan fingerprint density at radius 2 is 0.897 bits per heavy atom. The molecule has 1 saturated heterocycles. The van der Waals surface area contributed by atoms with Gasteiger partial charge in [-0.25, -0.2) is 0 Å². The lowest BCUT2D eigenvalue weighted by molar-refractivity contribution is 0.231. The molecule has 107 heavy (non-hydrogen) atoms. The maximum atomic E-state index is 3.07. The molecular weight excluding hydrogens is 1290 g/mol. The third kappa shape index (κ3) is 10.2. The topological polar surface area (TPSA) is 14.7 Å². The molecule has 0 spiro atoms. The molecule has 3 aliphatic heterocycles. The van der Waals surface area contributed by atoms with E-state index in [-0.39, 0.29) is 23.5 Å². The highest BCUT2D eigenvalue weighted by Crippen LogP contribution is 2.60. The summed E-state index contributed by atoms with van der Waals surface area (Å²) in [6.07, 6.45) is 27.0. The van der Waals surface area contributed by atoms with Gasteiger partial charge in [-0.1, -0.05) is 322 Å². The second kappa shape index (κ2) is 24.9. The van der Waals surface area contributed by atoms with Crippen molar-refractivity contribution in [1.82, 2.24) is 4.57 Å². The van der Waals surface area contributed by atoms with E-state index in [0.29, 0.717) is 35.8 Å². The second-order valence-corrected chi connectivity index (χ2v) is 34.4. The summed E-state index contributed by atoms with van der Waals surface area (Å²) in [5, 5.41) is 2.51. The lowest BCUT2D eigenvalue weighted by Gasteiger charge is -2.48. The van der Waals surface area contributed by atoms with Crippen LogP contribution in [0.25, 0.3) is 77.6 Å². The van der Waals surface area contributed by atoms with Crippen LogP contribution in [-0.2, 0) is 0 Å². The molecule has 2 saturated carbocycles. The number of fused-ring (bicyclic) bond motifs is 10. The summed E-state index contributed by atoms with van der Waals surface area (Å²) in [6.45, 7) is 14.3. The van der Waals surface area contributed by atoms with Crippen molar-refractivity contribution in [2.75, 3.05) is 14.7 Å². The highest BCUT2D eigenvalue weighted by atomic mass is 15.3. The minimum absolute atomic E-state index is 0.0405. The highest BCUT2D eigenvalue weighted by Gasteiger charge is 2.53. The molecule has 4 heterocycles. The zero-order valence-corrected chi connectivity index (χ0v) is 62.5. The quantitative estimate of drug-likeness (QED) is 0.134. The Balaban J connectivity index is 0.928. The Morgan fingerprint density at radius 1 is 0.393 bits per heavy atom. The smallest absolute Gasteiger partial charge is 0.252 e. The summed E-state index contributed by atoms with van der Waals surface area (Å²) in [7, 11) is 0. The normalized spacial score (nSPS) is 21.8. The van der Waals surface area contributed by atoms with E-state index < -0.39 is 0 Å². The Bertz CT molecular complexity index is 5640. The van der Waals surface area contributed by atoms with Crippen molar-refractivity contribution < 1.29 is 0 Å². The van der Waals surface area contributed by atoms with E-state index >= 15 is 0 Å². The summed E-state index contributed by atoms with van der Waals surface area (Å²) in [4.78, 5) is 8.70. The van der Waals surface area contributed by atoms with E-state index in [4.69, 9.17) is 0 Å². The molecule has 21 rings (SSSR count). The molecule has 0 bridgehead atoms. The van der Waals surface area contributed by atoms with Crippen LogP contribution in [0.15, 0.2) is 319 Å². The summed E-state index contributed by atoms with van der Waals surface area (Å²) in [5.41, 5.74) is 35.6. The number of nitrogens with zero attached hydrogens (tertiary/aromatic N) is 4. The van der Waals surface area contributed by atoms with Gasteiger partial charge in [0.1, 0.15) is 0 Å². The third-order valence-corrected chi connectivity index (χ3v) is 26.5. The number of rotatable bonds is 9. The number of hydrogen-bond donors (Lipinski definition) is 0. The first-order valence-electron chi connectivity index (χ1n) is 40.0. The molecule has 1 aromatic heterocycles. The SMILES string of the molecule is CC(C)(C)C1=CC2=C(c3ccc4c(c3)B3c5ccc(-n6c7ccccc7c7ccccc76)cc5N(c5c(-c6ccccc6)cccc5-c5ccccc5)c5cc(N6C7CCCCC7C7CCCCC76)cc(c53)N4c3c(-c4ccccc4)cccc3-c3ccccc3)C=C3C=C(C(C)(C)C)CC4C=CC(=C1)C2C34. The fourth-order valence-corrected chi connectivity index (χ4v) is 21.7. The maximum absolute atomic E-state index is 3.07. The molecule has 11 aromatic carbocycles. The Labute approximate surface area is 632 Å². The minimum Gasteiger partial charge on any atom is -0.365 e. The van der Waals surface area contributed by atoms with Gasteiger partial charge in [0.15, 0.2) is 0 Å². The lowest BCUT2D eigenvalue weighted by atomic mass is 9.33. The van der Waals surface area contributed by atoms with Crippen molar-refractivity contribution in [3.05, 3.63) is 325 Å². The van der Waals surface area contributed by atoms with Crippen LogP contribution < -0.4 is 31.1 Å². The third-order valence-electron chi connectivity index (χ3n) is 26.5. The van der Waals surface area contributed by atoms with E-state index in [0.717, 1.165) is 12.1 Å². The molecule has 0 radical (unpaired) electrons. The standard InChI is InChI=1S/C102H91BN4/c1-101(2,3)72-55-69-49-50-70-56-73(102(4,5)6)60-85-84(58-71(57-72)96(69)97(70)85)68-51-54-92-87(59-68)103-86-53-52-74(104-88-45-23-19-37-80(88)81-38-20-24-46-89(81)104)61-93(86)107(100-78(66-33-15-9-16-34-66)43-28-44-79(100)67-35-17-10-18-36-67)95-63-75(105-90-47-25-21-39-82(90)83-40-22-26-48-91(83)105)62-94(98(95)103)106(92)99-76(64-29-11-7-12-30-64)41-27-42-77(99)65-31-13-8-14-32-65/h7-20,23-24,27-38,41-46,49-54,56-63,69,82-83,90-91,96-97H,21-22,25-26,39-40,47-48,55H2,1-6H3. The van der Waals surface area contributed by atoms with E-state index in [2.05, 4.69) is 352 Å². The number of hydrogen-bond acceptors (Lipinski definition) is 3. The fraction of sp³-hybridized carbons (Fsp3) is 0.235. The van der Waals surface area contributed by atoms with Crippen LogP contribution in [0.2, 0.25) is 0 Å². The molecular formula is C102H91BN4. The van der Waals surface area contributed by atoms with Crippen LogP contribution >= 0.6 is 0 Å². The fourth-order valence-electron chi connectivity index (χ4n) is 21.7. The van der Waals surface area contributed by atoms with E-state index in [1.807, 2.05) is 0 Å². The molecule has 0 amide bonds. The summed E-state index contributed by atoms with van der Waals surface area (Å²) >= 11 is 0. The van der Waals surface area contributed by atoms with Gasteiger partial charge in [-0.15, -0.1) is 0 Å². The molecule has 5 heteroatoms. The number of allylic oxidation sites excluding steroid dienone is 12. The van der Waals surface area contributed by atoms with E-state index in [1.165, 1.54) is 207 Å². The van der Waals surface area contributed by atoms with Crippen molar-refractivity contribution in [1.29, 1.82) is 0 Å². The number of aromatic nitrogens is 1. The number of anilines is 7. The molecule has 7 unspecified atom stereocenters. The van der Waals surface area contributed by atoms with Crippen LogP contribution in [0, 0.1) is 40.4 Å². The van der Waals surface area contributed by atoms with Crippen molar-refractivity contribution in [2.45, 2.75) is 111 Å². The first-order valence-corrected chi connectivity index (χ1v) is 40.0. The van der Waals surface area contributed by atoms with E-state index in [1.54, 1.807) is 5.57 Å². The van der Waals surface area contributed by atoms with Gasteiger partial charge in [0.2, 0.25) is 0 Å². The average Bonchev–Trinajstić information content (AvgIpc) is 1.04. The monoisotopic (exact) mass is 1380 g/mol. The molecule has 6 aliphatic carbocycles. The summed E-state index contributed by atoms with van der Waals surface area (Å²) in [5.74, 6) is 2.40. The molecule has 4 nitrogen and oxygen atoms in total. The predicted octanol–water partition coefficient (Wildman–Crippen LogP) is 24.9. The molecule has 0 N–H and O–H groups in total. The summed E-state index contributed by atoms with van der Waals surface area (Å²) < 4.78 is 2.55. The highest BCUT2D eigenvalue weighted by molar-refractivity contribution is 7.00. The van der Waals surface area contributed by atoms with Crippen LogP contribution in [-0.4, -0.2) is 23.4 Å². The number of para-hydroxylation sites is 4. The van der Waals surface area contributed by atoms with Gasteiger partial charge in [0, 0.05) is 91.1 Å². The lowest BCUT2D eigenvalue weighted by Crippen LogP contribution is -2.61. The van der Waals surface area contributed by atoms with Crippen molar-refractivity contribution in [3.8, 4) is 50.2 Å². The Kier molecular flexibility index (Phi) is 15.0. The van der Waals surface area contributed by atoms with Gasteiger partial charge in [-0.3, -0.25) is 0 Å². The molecule has 9 aliphatic rings. The molecule has 7 atom stereocenters. The van der Waals surface area contributed by atoms with Crippen LogP contribution in [0.1, 0.15) is 105 Å². The minimum atomic E-state index is -0.212. The van der Waals surface area contributed by atoms with Gasteiger partial charge in [0.25, 0.3) is 6.71 Å². The Morgan fingerprint density at radius 3 is 1.43 bits per heavy atom. The zero-order valence-electron chi connectivity index (χ0n) is 62.5. The van der Waals surface area contributed by atoms with Crippen LogP contribution in [0.5, 0.6) is 0 Å². The first-order chi connectivity index (χ1) is 52.4. The molecule has 522 valence electrons. The van der Waals surface area contributed by atoms with Crippen LogP contribution in [0.3, 0.4) is 0 Å². The average molecular weight is 1380 g/mol. The van der Waals surface area contributed by atoms with Crippen LogP contribution in [0.4, 0.5) is 39.8 Å². The van der Waals surface area contributed by atoms with E-state index in [9.17, 15) is 0 Å². The zero-order chi connectivity index (χ0) is 71.6. The number of benzene rings is 11. The summed E-state index contributed by atoms with van der Waals surface area (Å²) in [6, 6.07) is 99.6. The molecule has 12 aromatic rings. The van der Waals surface area contributed by atoms with Crippen molar-refractivity contribution in [2.24, 2.45) is 40.4 Å². The van der Waals surface area contributed by atoms with Crippen molar-refractivity contribution in [3.63, 3.8) is 0 Å². The first kappa shape index (κ1) is 64.5. The molecule has 3 fully saturated rings. The maximum Gasteiger partial charge on any atom is 0.252 e. The van der Waals surface area contributed by atoms with Gasteiger partial charge in [-0.05, 0) is 175 Å². The second-order valence-electron chi connectivity index (χ2n) is 34.4. The van der Waals surface area contributed by atoms with Crippen molar-refractivity contribution >= 4 is 90.3 Å². The largest absolute Gasteiger partial charge is 0.365 e. The van der Waals surface area contributed by atoms with Gasteiger partial charge < -0.3 is 19.3 Å². The predicted molar refractivity (Wildman–Crippen MR) is 453 cm³/mol.